The Morgan fingerprint density at radius 1 is 1.35 bits per heavy atom. The normalized spacial score (nSPS) is 12.5. The Balaban J connectivity index is 2.48. The van der Waals surface area contributed by atoms with Crippen LogP contribution >= 0.6 is 23.2 Å². The molecule has 1 aromatic carbocycles. The lowest BCUT2D eigenvalue weighted by Crippen LogP contribution is -2.26. The summed E-state index contributed by atoms with van der Waals surface area (Å²) in [6.45, 7) is 1.86. The third-order valence-corrected chi connectivity index (χ3v) is 2.79. The molecule has 0 heterocycles. The quantitative estimate of drug-likeness (QED) is 0.778. The van der Waals surface area contributed by atoms with Crippen molar-refractivity contribution < 1.29 is 9.47 Å². The molecule has 1 atom stereocenters. The Hall–Kier alpha value is -0.480. The maximum Gasteiger partial charge on any atom is 0.123 e. The van der Waals surface area contributed by atoms with Crippen molar-refractivity contribution in [2.24, 2.45) is 0 Å². The lowest BCUT2D eigenvalue weighted by Gasteiger charge is -2.12. The van der Waals surface area contributed by atoms with Gasteiger partial charge in [0.1, 0.15) is 5.75 Å². The van der Waals surface area contributed by atoms with Crippen molar-refractivity contribution in [2.75, 3.05) is 27.4 Å². The Kier molecular flexibility index (Phi) is 6.66. The summed E-state index contributed by atoms with van der Waals surface area (Å²) >= 11 is 11.9. The van der Waals surface area contributed by atoms with Crippen LogP contribution in [0.2, 0.25) is 5.02 Å². The molecule has 0 aromatic heterocycles. The van der Waals surface area contributed by atoms with Gasteiger partial charge in [0, 0.05) is 30.8 Å². The highest BCUT2D eigenvalue weighted by molar-refractivity contribution is 6.30. The molecule has 17 heavy (non-hydrogen) atoms. The van der Waals surface area contributed by atoms with Crippen molar-refractivity contribution in [1.82, 2.24) is 5.32 Å². The van der Waals surface area contributed by atoms with E-state index in [2.05, 4.69) is 5.32 Å². The van der Waals surface area contributed by atoms with E-state index in [-0.39, 0.29) is 5.38 Å². The summed E-state index contributed by atoms with van der Waals surface area (Å²) in [5.41, 5.74) is 1.02. The number of halogens is 2. The second-order valence-electron chi connectivity index (χ2n) is 3.64. The average molecular weight is 278 g/mol. The van der Waals surface area contributed by atoms with Gasteiger partial charge in [0.25, 0.3) is 0 Å². The maximum atomic E-state index is 6.01. The zero-order chi connectivity index (χ0) is 12.7. The first kappa shape index (κ1) is 14.6. The van der Waals surface area contributed by atoms with Crippen molar-refractivity contribution in [3.63, 3.8) is 0 Å². The van der Waals surface area contributed by atoms with Gasteiger partial charge in [-0.2, -0.15) is 0 Å². The summed E-state index contributed by atoms with van der Waals surface area (Å²) in [5, 5.41) is 3.90. The van der Waals surface area contributed by atoms with Gasteiger partial charge in [-0.05, 0) is 18.2 Å². The molecule has 0 spiro atoms. The number of rotatable bonds is 7. The van der Waals surface area contributed by atoms with Crippen LogP contribution in [0.3, 0.4) is 0 Å². The van der Waals surface area contributed by atoms with E-state index < -0.39 is 0 Å². The molecule has 0 aliphatic carbocycles. The largest absolute Gasteiger partial charge is 0.496 e. The minimum absolute atomic E-state index is 0.0369. The predicted molar refractivity (Wildman–Crippen MR) is 71.2 cm³/mol. The molecule has 0 aliphatic heterocycles. The number of benzene rings is 1. The molecular weight excluding hydrogens is 261 g/mol. The first-order chi connectivity index (χ1) is 8.17. The minimum Gasteiger partial charge on any atom is -0.496 e. The molecular formula is C12H17Cl2NO2. The van der Waals surface area contributed by atoms with Crippen LogP contribution in [-0.4, -0.2) is 32.7 Å². The maximum absolute atomic E-state index is 6.01. The lowest BCUT2D eigenvalue weighted by molar-refractivity contribution is 0.197. The summed E-state index contributed by atoms with van der Waals surface area (Å²) < 4.78 is 10.2. The Morgan fingerprint density at radius 2 is 2.12 bits per heavy atom. The molecule has 0 saturated carbocycles. The third-order valence-electron chi connectivity index (χ3n) is 2.27. The van der Waals surface area contributed by atoms with E-state index in [0.717, 1.165) is 11.3 Å². The monoisotopic (exact) mass is 277 g/mol. The Labute approximate surface area is 112 Å². The number of nitrogens with one attached hydrogen (secondary N) is 1. The SMILES string of the molecule is COCC(Cl)CNCc1cc(Cl)ccc1OC. The van der Waals surface area contributed by atoms with Crippen molar-refractivity contribution in [3.8, 4) is 5.75 Å². The topological polar surface area (TPSA) is 30.5 Å². The van der Waals surface area contributed by atoms with E-state index in [1.165, 1.54) is 0 Å². The lowest BCUT2D eigenvalue weighted by atomic mass is 10.2. The van der Waals surface area contributed by atoms with E-state index in [9.17, 15) is 0 Å². The fourth-order valence-electron chi connectivity index (χ4n) is 1.49. The van der Waals surface area contributed by atoms with E-state index >= 15 is 0 Å². The van der Waals surface area contributed by atoms with Gasteiger partial charge >= 0.3 is 0 Å². The number of ether oxygens (including phenoxy) is 2. The fourth-order valence-corrected chi connectivity index (χ4v) is 1.92. The number of alkyl halides is 1. The first-order valence-corrected chi connectivity index (χ1v) is 6.15. The second-order valence-corrected chi connectivity index (χ2v) is 4.69. The van der Waals surface area contributed by atoms with Gasteiger partial charge in [-0.1, -0.05) is 11.6 Å². The molecule has 1 aromatic rings. The Morgan fingerprint density at radius 3 is 2.76 bits per heavy atom. The molecule has 1 unspecified atom stereocenters. The molecule has 0 saturated heterocycles. The second kappa shape index (κ2) is 7.77. The first-order valence-electron chi connectivity index (χ1n) is 5.33. The number of hydrogen-bond acceptors (Lipinski definition) is 3. The van der Waals surface area contributed by atoms with Crippen LogP contribution in [0.5, 0.6) is 5.75 Å². The van der Waals surface area contributed by atoms with Gasteiger partial charge in [-0.15, -0.1) is 11.6 Å². The van der Waals surface area contributed by atoms with Crippen LogP contribution in [0, 0.1) is 0 Å². The van der Waals surface area contributed by atoms with Crippen LogP contribution in [0.1, 0.15) is 5.56 Å². The van der Waals surface area contributed by atoms with Crippen LogP contribution < -0.4 is 10.1 Å². The van der Waals surface area contributed by atoms with Gasteiger partial charge < -0.3 is 14.8 Å². The van der Waals surface area contributed by atoms with E-state index in [1.54, 1.807) is 20.3 Å². The van der Waals surface area contributed by atoms with Gasteiger partial charge in [0.15, 0.2) is 0 Å². The summed E-state index contributed by atoms with van der Waals surface area (Å²) in [5.74, 6) is 0.819. The predicted octanol–water partition coefficient (Wildman–Crippen LogP) is 2.69. The van der Waals surface area contributed by atoms with Crippen molar-refractivity contribution >= 4 is 23.2 Å². The van der Waals surface area contributed by atoms with E-state index in [1.807, 2.05) is 12.1 Å². The highest BCUT2D eigenvalue weighted by atomic mass is 35.5. The van der Waals surface area contributed by atoms with E-state index in [0.29, 0.717) is 24.7 Å². The molecule has 3 nitrogen and oxygen atoms in total. The molecule has 0 bridgehead atoms. The van der Waals surface area contributed by atoms with Gasteiger partial charge in [0.2, 0.25) is 0 Å². The number of hydrogen-bond donors (Lipinski definition) is 1. The molecule has 0 amide bonds. The summed E-state index contributed by atoms with van der Waals surface area (Å²) in [4.78, 5) is 0. The van der Waals surface area contributed by atoms with Crippen LogP contribution in [-0.2, 0) is 11.3 Å². The van der Waals surface area contributed by atoms with Crippen LogP contribution in [0.4, 0.5) is 0 Å². The highest BCUT2D eigenvalue weighted by Crippen LogP contribution is 2.22. The van der Waals surface area contributed by atoms with Gasteiger partial charge in [-0.3, -0.25) is 0 Å². The van der Waals surface area contributed by atoms with Crippen molar-refractivity contribution in [2.45, 2.75) is 11.9 Å². The summed E-state index contributed by atoms with van der Waals surface area (Å²) in [6.07, 6.45) is 0. The standard InChI is InChI=1S/C12H17Cl2NO2/c1-16-8-11(14)7-15-6-9-5-10(13)3-4-12(9)17-2/h3-5,11,15H,6-8H2,1-2H3. The molecule has 96 valence electrons. The molecule has 1 rings (SSSR count). The van der Waals surface area contributed by atoms with Crippen molar-refractivity contribution in [1.29, 1.82) is 0 Å². The minimum atomic E-state index is -0.0369. The third kappa shape index (κ3) is 5.13. The number of methoxy groups -OCH3 is 2. The molecule has 5 heteroatoms. The fraction of sp³-hybridized carbons (Fsp3) is 0.500. The summed E-state index contributed by atoms with van der Waals surface area (Å²) in [6, 6.07) is 5.54. The van der Waals surface area contributed by atoms with Crippen LogP contribution in [0.15, 0.2) is 18.2 Å². The van der Waals surface area contributed by atoms with E-state index in [4.69, 9.17) is 32.7 Å². The van der Waals surface area contributed by atoms with Gasteiger partial charge in [0.05, 0.1) is 19.1 Å². The molecule has 1 N–H and O–H groups in total. The molecule has 0 aliphatic rings. The van der Waals surface area contributed by atoms with Crippen LogP contribution in [0.25, 0.3) is 0 Å². The van der Waals surface area contributed by atoms with Crippen molar-refractivity contribution in [3.05, 3.63) is 28.8 Å². The highest BCUT2D eigenvalue weighted by Gasteiger charge is 2.06. The zero-order valence-electron chi connectivity index (χ0n) is 10.0. The Bertz CT molecular complexity index is 347. The summed E-state index contributed by atoms with van der Waals surface area (Å²) in [7, 11) is 3.28. The average Bonchev–Trinajstić information content (AvgIpc) is 2.30. The molecule has 0 radical (unpaired) electrons. The van der Waals surface area contributed by atoms with Gasteiger partial charge in [-0.25, -0.2) is 0 Å². The zero-order valence-corrected chi connectivity index (χ0v) is 11.5. The molecule has 0 fully saturated rings. The smallest absolute Gasteiger partial charge is 0.123 e.